The van der Waals surface area contributed by atoms with Crippen LogP contribution in [0.1, 0.15) is 54.4 Å². The zero-order valence-electron chi connectivity index (χ0n) is 14.1. The Morgan fingerprint density at radius 2 is 1.65 bits per heavy atom. The Labute approximate surface area is 138 Å². The normalized spacial score (nSPS) is 15.6. The van der Waals surface area contributed by atoms with Crippen LogP contribution in [0, 0.1) is 0 Å². The molecule has 2 rings (SSSR count). The van der Waals surface area contributed by atoms with E-state index in [1.807, 2.05) is 12.1 Å². The molecule has 1 aromatic rings. The van der Waals surface area contributed by atoms with Crippen LogP contribution in [-0.2, 0) is 6.54 Å². The fourth-order valence-electron chi connectivity index (χ4n) is 2.87. The number of hydrogen-bond acceptors (Lipinski definition) is 2. The molecule has 0 bridgehead atoms. The van der Waals surface area contributed by atoms with Crippen molar-refractivity contribution >= 4 is 11.9 Å². The molecule has 1 aliphatic carbocycles. The van der Waals surface area contributed by atoms with Gasteiger partial charge in [-0.15, -0.1) is 0 Å². The van der Waals surface area contributed by atoms with Crippen LogP contribution < -0.4 is 10.6 Å². The fourth-order valence-corrected chi connectivity index (χ4v) is 2.87. The second kappa shape index (κ2) is 8.56. The van der Waals surface area contributed by atoms with Crippen molar-refractivity contribution < 1.29 is 9.59 Å². The zero-order chi connectivity index (χ0) is 16.7. The van der Waals surface area contributed by atoms with Gasteiger partial charge >= 0.3 is 6.03 Å². The lowest BCUT2D eigenvalue weighted by atomic mass is 10.1. The van der Waals surface area contributed by atoms with E-state index in [1.54, 1.807) is 31.1 Å². The van der Waals surface area contributed by atoms with Crippen molar-refractivity contribution in [2.24, 2.45) is 0 Å². The van der Waals surface area contributed by atoms with E-state index in [4.69, 9.17) is 0 Å². The third-order valence-electron chi connectivity index (χ3n) is 4.25. The van der Waals surface area contributed by atoms with Crippen molar-refractivity contribution in [1.29, 1.82) is 0 Å². The molecule has 1 saturated carbocycles. The van der Waals surface area contributed by atoms with Gasteiger partial charge in [0.05, 0.1) is 0 Å². The minimum absolute atomic E-state index is 0.0179. The van der Waals surface area contributed by atoms with E-state index < -0.39 is 0 Å². The Balaban J connectivity index is 1.78. The van der Waals surface area contributed by atoms with E-state index in [1.165, 1.54) is 25.7 Å². The van der Waals surface area contributed by atoms with Crippen LogP contribution in [0.5, 0.6) is 0 Å². The molecule has 23 heavy (non-hydrogen) atoms. The minimum atomic E-state index is -0.106. The third kappa shape index (κ3) is 5.58. The van der Waals surface area contributed by atoms with Gasteiger partial charge in [-0.1, -0.05) is 37.8 Å². The van der Waals surface area contributed by atoms with Gasteiger partial charge in [0.25, 0.3) is 5.91 Å². The second-order valence-corrected chi connectivity index (χ2v) is 6.41. The van der Waals surface area contributed by atoms with Crippen molar-refractivity contribution in [2.75, 3.05) is 14.1 Å². The Hall–Kier alpha value is -2.04. The highest BCUT2D eigenvalue weighted by Crippen LogP contribution is 2.17. The summed E-state index contributed by atoms with van der Waals surface area (Å²) < 4.78 is 0. The highest BCUT2D eigenvalue weighted by molar-refractivity contribution is 5.93. The lowest BCUT2D eigenvalue weighted by Crippen LogP contribution is -2.41. The average molecular weight is 317 g/mol. The maximum absolute atomic E-state index is 12.0. The molecule has 1 aromatic carbocycles. The Kier molecular flexibility index (Phi) is 6.44. The van der Waals surface area contributed by atoms with Crippen molar-refractivity contribution in [2.45, 2.75) is 51.1 Å². The van der Waals surface area contributed by atoms with E-state index in [2.05, 4.69) is 10.6 Å². The summed E-state index contributed by atoms with van der Waals surface area (Å²) in [5.41, 5.74) is 1.64. The maximum Gasteiger partial charge on any atom is 0.315 e. The molecule has 0 saturated heterocycles. The van der Waals surface area contributed by atoms with Gasteiger partial charge in [0, 0.05) is 32.2 Å². The molecule has 2 N–H and O–H groups in total. The van der Waals surface area contributed by atoms with E-state index in [0.29, 0.717) is 18.2 Å². The molecule has 0 spiro atoms. The number of urea groups is 1. The van der Waals surface area contributed by atoms with Crippen LogP contribution in [0.2, 0.25) is 0 Å². The molecular weight excluding hydrogens is 290 g/mol. The van der Waals surface area contributed by atoms with Gasteiger partial charge in [-0.2, -0.15) is 0 Å². The minimum Gasteiger partial charge on any atom is -0.345 e. The molecule has 5 heteroatoms. The molecule has 3 amide bonds. The molecule has 5 nitrogen and oxygen atoms in total. The van der Waals surface area contributed by atoms with Crippen LogP contribution >= 0.6 is 0 Å². The summed E-state index contributed by atoms with van der Waals surface area (Å²) in [6, 6.07) is 7.54. The molecule has 1 aliphatic rings. The summed E-state index contributed by atoms with van der Waals surface area (Å²) in [5.74, 6) is -0.0179. The number of nitrogens with zero attached hydrogens (tertiary/aromatic N) is 1. The Morgan fingerprint density at radius 1 is 1.04 bits per heavy atom. The van der Waals surface area contributed by atoms with Crippen LogP contribution in [0.25, 0.3) is 0 Å². The van der Waals surface area contributed by atoms with Crippen LogP contribution in [0.3, 0.4) is 0 Å². The van der Waals surface area contributed by atoms with E-state index in [0.717, 1.165) is 18.4 Å². The first-order chi connectivity index (χ1) is 11.1. The summed E-state index contributed by atoms with van der Waals surface area (Å²) in [4.78, 5) is 25.3. The van der Waals surface area contributed by atoms with Crippen LogP contribution in [-0.4, -0.2) is 37.0 Å². The second-order valence-electron chi connectivity index (χ2n) is 6.41. The summed E-state index contributed by atoms with van der Waals surface area (Å²) in [6.45, 7) is 0.467. The lowest BCUT2D eigenvalue weighted by Gasteiger charge is -2.17. The predicted molar refractivity (Wildman–Crippen MR) is 91.3 cm³/mol. The number of amides is 3. The van der Waals surface area contributed by atoms with Crippen molar-refractivity contribution in [3.8, 4) is 0 Å². The molecule has 1 fully saturated rings. The summed E-state index contributed by atoms with van der Waals surface area (Å²) >= 11 is 0. The third-order valence-corrected chi connectivity index (χ3v) is 4.25. The first kappa shape index (κ1) is 17.3. The molecule has 126 valence electrons. The van der Waals surface area contributed by atoms with Gasteiger partial charge < -0.3 is 15.5 Å². The predicted octanol–water partition coefficient (Wildman–Crippen LogP) is 2.91. The number of hydrogen-bond donors (Lipinski definition) is 2. The first-order valence-electron chi connectivity index (χ1n) is 8.41. The fraction of sp³-hybridized carbons (Fsp3) is 0.556. The molecule has 0 aromatic heterocycles. The first-order valence-corrected chi connectivity index (χ1v) is 8.41. The maximum atomic E-state index is 12.0. The van der Waals surface area contributed by atoms with Gasteiger partial charge in [0.2, 0.25) is 0 Å². The molecule has 0 unspecified atom stereocenters. The van der Waals surface area contributed by atoms with Crippen molar-refractivity contribution in [3.05, 3.63) is 35.4 Å². The van der Waals surface area contributed by atoms with Gasteiger partial charge in [0.1, 0.15) is 0 Å². The van der Waals surface area contributed by atoms with Gasteiger partial charge in [-0.05, 0) is 30.5 Å². The SMILES string of the molecule is CN(C)C(=O)c1ccc(CNC(=O)NC2CCCCCC2)cc1. The molecule has 0 heterocycles. The zero-order valence-corrected chi connectivity index (χ0v) is 14.1. The summed E-state index contributed by atoms with van der Waals surface area (Å²) in [5, 5.41) is 5.96. The van der Waals surface area contributed by atoms with Crippen LogP contribution in [0.15, 0.2) is 24.3 Å². The molecule has 0 radical (unpaired) electrons. The monoisotopic (exact) mass is 317 g/mol. The Bertz CT molecular complexity index is 518. The van der Waals surface area contributed by atoms with Gasteiger partial charge in [-0.25, -0.2) is 4.79 Å². The van der Waals surface area contributed by atoms with Gasteiger partial charge in [0.15, 0.2) is 0 Å². The van der Waals surface area contributed by atoms with E-state index in [9.17, 15) is 9.59 Å². The largest absolute Gasteiger partial charge is 0.345 e. The average Bonchev–Trinajstić information content (AvgIpc) is 2.81. The molecular formula is C18H27N3O2. The summed E-state index contributed by atoms with van der Waals surface area (Å²) in [6.07, 6.45) is 7.11. The highest BCUT2D eigenvalue weighted by atomic mass is 16.2. The van der Waals surface area contributed by atoms with E-state index >= 15 is 0 Å². The number of carbonyl (C=O) groups excluding carboxylic acids is 2. The smallest absolute Gasteiger partial charge is 0.315 e. The molecule has 0 atom stereocenters. The standard InChI is InChI=1S/C18H27N3O2/c1-21(2)17(22)15-11-9-14(10-12-15)13-19-18(23)20-16-7-5-3-4-6-8-16/h9-12,16H,3-8,13H2,1-2H3,(H2,19,20,23). The molecule has 0 aliphatic heterocycles. The number of rotatable bonds is 4. The number of benzene rings is 1. The topological polar surface area (TPSA) is 61.4 Å². The van der Waals surface area contributed by atoms with E-state index in [-0.39, 0.29) is 11.9 Å². The number of carbonyl (C=O) groups is 2. The van der Waals surface area contributed by atoms with Crippen LogP contribution in [0.4, 0.5) is 4.79 Å². The van der Waals surface area contributed by atoms with Crippen molar-refractivity contribution in [3.63, 3.8) is 0 Å². The highest BCUT2D eigenvalue weighted by Gasteiger charge is 2.14. The lowest BCUT2D eigenvalue weighted by molar-refractivity contribution is 0.0827. The number of nitrogens with one attached hydrogen (secondary N) is 2. The Morgan fingerprint density at radius 3 is 2.22 bits per heavy atom. The summed E-state index contributed by atoms with van der Waals surface area (Å²) in [7, 11) is 3.46. The van der Waals surface area contributed by atoms with Gasteiger partial charge in [-0.3, -0.25) is 4.79 Å². The quantitative estimate of drug-likeness (QED) is 0.839. The van der Waals surface area contributed by atoms with Crippen molar-refractivity contribution in [1.82, 2.24) is 15.5 Å².